The van der Waals surface area contributed by atoms with Crippen LogP contribution in [0.4, 0.5) is 17.3 Å². The molecule has 0 atom stereocenters. The molecule has 0 saturated carbocycles. The van der Waals surface area contributed by atoms with Gasteiger partial charge in [0.1, 0.15) is 11.8 Å². The van der Waals surface area contributed by atoms with E-state index in [9.17, 15) is 4.79 Å². The van der Waals surface area contributed by atoms with E-state index in [0.29, 0.717) is 35.0 Å². The average Bonchev–Trinajstić information content (AvgIpc) is 2.83. The van der Waals surface area contributed by atoms with Crippen molar-refractivity contribution in [2.75, 3.05) is 50.1 Å². The molecule has 10 heteroatoms. The van der Waals surface area contributed by atoms with Gasteiger partial charge < -0.3 is 20.1 Å². The lowest BCUT2D eigenvalue weighted by atomic mass is 10.3. The third-order valence-corrected chi connectivity index (χ3v) is 5.56. The van der Waals surface area contributed by atoms with Crippen molar-refractivity contribution < 1.29 is 14.3 Å². The van der Waals surface area contributed by atoms with Crippen LogP contribution in [0.3, 0.4) is 0 Å². The van der Waals surface area contributed by atoms with Gasteiger partial charge in [0.15, 0.2) is 17.4 Å². The largest absolute Gasteiger partial charge is 0.490 e. The summed E-state index contributed by atoms with van der Waals surface area (Å²) in [6.07, 6.45) is 3.50. The van der Waals surface area contributed by atoms with Crippen LogP contribution in [0.2, 0.25) is 0 Å². The minimum absolute atomic E-state index is 0.297. The zero-order valence-corrected chi connectivity index (χ0v) is 19.7. The van der Waals surface area contributed by atoms with Crippen molar-refractivity contribution >= 4 is 50.2 Å². The first-order valence-electron chi connectivity index (χ1n) is 10.7. The maximum atomic E-state index is 12.0. The summed E-state index contributed by atoms with van der Waals surface area (Å²) in [6.45, 7) is 8.32. The van der Waals surface area contributed by atoms with Crippen LogP contribution < -0.4 is 15.4 Å². The van der Waals surface area contributed by atoms with Crippen LogP contribution in [-0.4, -0.2) is 65.2 Å². The smallest absolute Gasteiger partial charge is 0.249 e. The summed E-state index contributed by atoms with van der Waals surface area (Å²) in [6, 6.07) is 9.48. The first kappa shape index (κ1) is 23.1. The molecule has 0 aliphatic carbocycles. The quantitative estimate of drug-likeness (QED) is 0.330. The number of carbonyl (C=O) groups is 1. The third-order valence-electron chi connectivity index (χ3n) is 5.07. The SMILES string of the molecule is C=CC(=O)Nc1nc2c(Nc3cccc(Br)c3)ncnc2cc1OCCCN1CCOCC1. The summed E-state index contributed by atoms with van der Waals surface area (Å²) in [5.41, 5.74) is 1.95. The van der Waals surface area contributed by atoms with E-state index in [0.717, 1.165) is 49.4 Å². The lowest BCUT2D eigenvalue weighted by Crippen LogP contribution is -2.37. The number of benzene rings is 1. The molecule has 1 amide bonds. The number of nitrogens with one attached hydrogen (secondary N) is 2. The zero-order valence-electron chi connectivity index (χ0n) is 18.1. The number of amides is 1. The molecule has 1 saturated heterocycles. The Bertz CT molecular complexity index is 1140. The number of halogens is 1. The summed E-state index contributed by atoms with van der Waals surface area (Å²) in [4.78, 5) is 27.7. The highest BCUT2D eigenvalue weighted by atomic mass is 79.9. The maximum absolute atomic E-state index is 12.0. The van der Waals surface area contributed by atoms with Crippen LogP contribution >= 0.6 is 15.9 Å². The van der Waals surface area contributed by atoms with Crippen molar-refractivity contribution in [1.82, 2.24) is 19.9 Å². The molecule has 172 valence electrons. The van der Waals surface area contributed by atoms with Crippen molar-refractivity contribution in [3.63, 3.8) is 0 Å². The minimum Gasteiger partial charge on any atom is -0.490 e. The van der Waals surface area contributed by atoms with Gasteiger partial charge in [0, 0.05) is 35.9 Å². The Morgan fingerprint density at radius 2 is 2.09 bits per heavy atom. The Kier molecular flexibility index (Phi) is 7.82. The van der Waals surface area contributed by atoms with Crippen LogP contribution in [-0.2, 0) is 9.53 Å². The van der Waals surface area contributed by atoms with Gasteiger partial charge in [-0.3, -0.25) is 9.69 Å². The lowest BCUT2D eigenvalue weighted by Gasteiger charge is -2.26. The number of morpholine rings is 1. The third kappa shape index (κ3) is 6.25. The van der Waals surface area contributed by atoms with Crippen molar-refractivity contribution in [3.8, 4) is 5.75 Å². The summed E-state index contributed by atoms with van der Waals surface area (Å²) in [7, 11) is 0. The van der Waals surface area contributed by atoms with E-state index in [1.54, 1.807) is 6.07 Å². The molecule has 1 fully saturated rings. The number of ether oxygens (including phenoxy) is 2. The normalized spacial score (nSPS) is 14.1. The van der Waals surface area contributed by atoms with Gasteiger partial charge in [0.25, 0.3) is 0 Å². The number of hydrogen-bond donors (Lipinski definition) is 2. The number of carbonyl (C=O) groups excluding carboxylic acids is 1. The van der Waals surface area contributed by atoms with Gasteiger partial charge in [-0.15, -0.1) is 0 Å². The van der Waals surface area contributed by atoms with E-state index in [-0.39, 0.29) is 5.91 Å². The standard InChI is InChI=1S/C23H25BrN6O3/c1-2-20(31)28-22-19(33-10-4-7-30-8-11-32-12-9-30)14-18-21(29-22)23(26-15-25-18)27-17-6-3-5-16(24)13-17/h2-3,5-6,13-15H,1,4,7-12H2,(H,25,26,27)(H,28,29,31). The molecule has 1 aromatic carbocycles. The molecule has 33 heavy (non-hydrogen) atoms. The fourth-order valence-electron chi connectivity index (χ4n) is 3.42. The van der Waals surface area contributed by atoms with Crippen molar-refractivity contribution in [2.45, 2.75) is 6.42 Å². The summed E-state index contributed by atoms with van der Waals surface area (Å²) >= 11 is 3.47. The van der Waals surface area contributed by atoms with E-state index in [1.165, 1.54) is 12.4 Å². The van der Waals surface area contributed by atoms with Gasteiger partial charge in [-0.1, -0.05) is 28.6 Å². The average molecular weight is 513 g/mol. The van der Waals surface area contributed by atoms with Gasteiger partial charge >= 0.3 is 0 Å². The molecule has 4 rings (SSSR count). The van der Waals surface area contributed by atoms with Crippen molar-refractivity contribution in [1.29, 1.82) is 0 Å². The highest BCUT2D eigenvalue weighted by molar-refractivity contribution is 9.10. The van der Waals surface area contributed by atoms with Crippen LogP contribution in [0.1, 0.15) is 6.42 Å². The maximum Gasteiger partial charge on any atom is 0.249 e. The highest BCUT2D eigenvalue weighted by Gasteiger charge is 2.15. The molecule has 0 spiro atoms. The van der Waals surface area contributed by atoms with E-state index in [1.807, 2.05) is 24.3 Å². The molecular formula is C23H25BrN6O3. The number of fused-ring (bicyclic) bond motifs is 1. The minimum atomic E-state index is -0.377. The molecule has 2 aromatic heterocycles. The summed E-state index contributed by atoms with van der Waals surface area (Å²) in [5.74, 6) is 0.891. The Morgan fingerprint density at radius 1 is 1.24 bits per heavy atom. The Labute approximate surface area is 200 Å². The number of rotatable bonds is 9. The number of nitrogens with zero attached hydrogens (tertiary/aromatic N) is 4. The molecule has 0 radical (unpaired) electrons. The monoisotopic (exact) mass is 512 g/mol. The van der Waals surface area contributed by atoms with Gasteiger partial charge in [-0.05, 0) is 30.7 Å². The van der Waals surface area contributed by atoms with E-state index >= 15 is 0 Å². The Balaban J connectivity index is 1.55. The molecular weight excluding hydrogens is 488 g/mol. The van der Waals surface area contributed by atoms with Gasteiger partial charge in [-0.25, -0.2) is 15.0 Å². The molecule has 2 N–H and O–H groups in total. The summed E-state index contributed by atoms with van der Waals surface area (Å²) in [5, 5.41) is 5.99. The van der Waals surface area contributed by atoms with Crippen molar-refractivity contribution in [2.24, 2.45) is 0 Å². The van der Waals surface area contributed by atoms with Gasteiger partial charge in [0.05, 0.1) is 25.3 Å². The number of pyridine rings is 1. The Morgan fingerprint density at radius 3 is 2.88 bits per heavy atom. The second kappa shape index (κ2) is 11.2. The van der Waals surface area contributed by atoms with Crippen LogP contribution in [0.5, 0.6) is 5.75 Å². The fourth-order valence-corrected chi connectivity index (χ4v) is 3.82. The van der Waals surface area contributed by atoms with Crippen LogP contribution in [0, 0.1) is 0 Å². The van der Waals surface area contributed by atoms with Gasteiger partial charge in [-0.2, -0.15) is 0 Å². The van der Waals surface area contributed by atoms with Crippen LogP contribution in [0.25, 0.3) is 11.0 Å². The molecule has 1 aliphatic rings. The fraction of sp³-hybridized carbons (Fsp3) is 0.304. The molecule has 0 bridgehead atoms. The van der Waals surface area contributed by atoms with Gasteiger partial charge in [0.2, 0.25) is 5.91 Å². The number of aromatic nitrogens is 3. The number of anilines is 3. The zero-order chi connectivity index (χ0) is 23.0. The highest BCUT2D eigenvalue weighted by Crippen LogP contribution is 2.30. The summed E-state index contributed by atoms with van der Waals surface area (Å²) < 4.78 is 12.3. The second-order valence-corrected chi connectivity index (χ2v) is 8.33. The number of hydrogen-bond acceptors (Lipinski definition) is 8. The van der Waals surface area contributed by atoms with Crippen LogP contribution in [0.15, 0.2) is 53.8 Å². The molecule has 1 aliphatic heterocycles. The Hall–Kier alpha value is -3.08. The second-order valence-electron chi connectivity index (χ2n) is 7.41. The topological polar surface area (TPSA) is 102 Å². The van der Waals surface area contributed by atoms with E-state index in [4.69, 9.17) is 9.47 Å². The molecule has 0 unspecified atom stereocenters. The lowest BCUT2D eigenvalue weighted by molar-refractivity contribution is -0.111. The van der Waals surface area contributed by atoms with Crippen molar-refractivity contribution in [3.05, 3.63) is 53.8 Å². The molecule has 3 heterocycles. The van der Waals surface area contributed by atoms with E-state index in [2.05, 4.69) is 53.0 Å². The first-order valence-corrected chi connectivity index (χ1v) is 11.5. The van der Waals surface area contributed by atoms with E-state index < -0.39 is 0 Å². The molecule has 9 nitrogen and oxygen atoms in total. The first-order chi connectivity index (χ1) is 16.1. The predicted octanol–water partition coefficient (Wildman–Crippen LogP) is 3.76. The molecule has 3 aromatic rings. The predicted molar refractivity (Wildman–Crippen MR) is 131 cm³/mol.